The van der Waals surface area contributed by atoms with Crippen LogP contribution in [0.3, 0.4) is 0 Å². The standard InChI is InChI=1S/C18H22N2O3S3/c21-16(4-2-1-3-14-9-10-24-26-14)19-13-7-5-12(6-8-13)11-15-17(22)20-18(23)25-15/h5-8,14-15H,1-4,9-11H2,(H,19,21)(H,20,22,23). The Labute approximate surface area is 165 Å². The van der Waals surface area contributed by atoms with Gasteiger partial charge < -0.3 is 5.32 Å². The topological polar surface area (TPSA) is 75.3 Å². The SMILES string of the molecule is O=C(CCCCC1CCSS1)Nc1ccc(CC2SC(=O)NC2=O)cc1. The predicted molar refractivity (Wildman–Crippen MR) is 111 cm³/mol. The highest BCUT2D eigenvalue weighted by Crippen LogP contribution is 2.39. The van der Waals surface area contributed by atoms with Crippen LogP contribution >= 0.6 is 33.3 Å². The molecule has 26 heavy (non-hydrogen) atoms. The lowest BCUT2D eigenvalue weighted by Gasteiger charge is -2.09. The fourth-order valence-electron chi connectivity index (χ4n) is 2.91. The molecular weight excluding hydrogens is 388 g/mol. The Morgan fingerprint density at radius 1 is 1.19 bits per heavy atom. The van der Waals surface area contributed by atoms with Crippen molar-refractivity contribution in [2.45, 2.75) is 49.0 Å². The normalized spacial score (nSPS) is 22.5. The molecule has 2 aliphatic rings. The number of carbonyl (C=O) groups excluding carboxylic acids is 3. The molecule has 0 aliphatic carbocycles. The highest BCUT2D eigenvalue weighted by atomic mass is 33.1. The van der Waals surface area contributed by atoms with E-state index in [0.717, 1.165) is 41.1 Å². The first-order valence-corrected chi connectivity index (χ1v) is 12.0. The Kier molecular flexibility index (Phi) is 7.33. The van der Waals surface area contributed by atoms with Crippen LogP contribution in [0.15, 0.2) is 24.3 Å². The maximum atomic E-state index is 12.0. The number of nitrogens with one attached hydrogen (secondary N) is 2. The van der Waals surface area contributed by atoms with Crippen molar-refractivity contribution in [3.05, 3.63) is 29.8 Å². The average molecular weight is 411 g/mol. The van der Waals surface area contributed by atoms with Gasteiger partial charge in [0, 0.05) is 23.1 Å². The van der Waals surface area contributed by atoms with Gasteiger partial charge in [-0.25, -0.2) is 0 Å². The Balaban J connectivity index is 1.37. The van der Waals surface area contributed by atoms with Crippen LogP contribution in [0.2, 0.25) is 0 Å². The summed E-state index contributed by atoms with van der Waals surface area (Å²) in [6.07, 6.45) is 5.58. The number of rotatable bonds is 8. The quantitative estimate of drug-likeness (QED) is 0.493. The lowest BCUT2D eigenvalue weighted by Crippen LogP contribution is -2.25. The van der Waals surface area contributed by atoms with E-state index >= 15 is 0 Å². The summed E-state index contributed by atoms with van der Waals surface area (Å²) in [6, 6.07) is 7.47. The predicted octanol–water partition coefficient (Wildman–Crippen LogP) is 4.23. The Morgan fingerprint density at radius 3 is 2.65 bits per heavy atom. The van der Waals surface area contributed by atoms with Crippen molar-refractivity contribution in [2.24, 2.45) is 0 Å². The van der Waals surface area contributed by atoms with Crippen molar-refractivity contribution in [3.8, 4) is 0 Å². The molecule has 3 amide bonds. The second-order valence-corrected chi connectivity index (χ2v) is 10.4. The summed E-state index contributed by atoms with van der Waals surface area (Å²) < 4.78 is 0. The summed E-state index contributed by atoms with van der Waals surface area (Å²) >= 11 is 1.03. The molecule has 2 heterocycles. The number of hydrogen-bond acceptors (Lipinski definition) is 6. The summed E-state index contributed by atoms with van der Waals surface area (Å²) in [5, 5.41) is 5.34. The number of unbranched alkanes of at least 4 members (excludes halogenated alkanes) is 1. The van der Waals surface area contributed by atoms with Crippen molar-refractivity contribution < 1.29 is 14.4 Å². The highest BCUT2D eigenvalue weighted by Gasteiger charge is 2.31. The zero-order chi connectivity index (χ0) is 18.4. The minimum Gasteiger partial charge on any atom is -0.326 e. The molecule has 0 saturated carbocycles. The number of amides is 3. The first kappa shape index (κ1) is 19.6. The van der Waals surface area contributed by atoms with Crippen LogP contribution in [0.25, 0.3) is 0 Å². The molecule has 2 aliphatic heterocycles. The zero-order valence-electron chi connectivity index (χ0n) is 14.4. The fourth-order valence-corrected chi connectivity index (χ4v) is 6.80. The summed E-state index contributed by atoms with van der Waals surface area (Å²) in [5.41, 5.74) is 1.73. The highest BCUT2D eigenvalue weighted by molar-refractivity contribution is 8.77. The molecule has 5 nitrogen and oxygen atoms in total. The minimum atomic E-state index is -0.362. The van der Waals surface area contributed by atoms with Crippen molar-refractivity contribution in [1.29, 1.82) is 0 Å². The summed E-state index contributed by atoms with van der Waals surface area (Å²) in [7, 11) is 3.94. The molecule has 1 aromatic carbocycles. The van der Waals surface area contributed by atoms with Gasteiger partial charge in [-0.1, -0.05) is 51.9 Å². The molecule has 3 rings (SSSR count). The van der Waals surface area contributed by atoms with E-state index in [4.69, 9.17) is 0 Å². The van der Waals surface area contributed by atoms with Crippen molar-refractivity contribution in [1.82, 2.24) is 5.32 Å². The molecule has 8 heteroatoms. The largest absolute Gasteiger partial charge is 0.326 e. The third kappa shape index (κ3) is 5.96. The monoisotopic (exact) mass is 410 g/mol. The molecule has 0 bridgehead atoms. The number of anilines is 1. The first-order valence-electron chi connectivity index (χ1n) is 8.79. The van der Waals surface area contributed by atoms with Crippen LogP contribution in [0.4, 0.5) is 10.5 Å². The molecule has 2 saturated heterocycles. The van der Waals surface area contributed by atoms with Gasteiger partial charge in [0.15, 0.2) is 0 Å². The smallest absolute Gasteiger partial charge is 0.286 e. The maximum Gasteiger partial charge on any atom is 0.286 e. The number of benzene rings is 1. The molecule has 2 unspecified atom stereocenters. The third-order valence-electron chi connectivity index (χ3n) is 4.33. The molecule has 0 radical (unpaired) electrons. The molecular formula is C18H22N2O3S3. The summed E-state index contributed by atoms with van der Waals surface area (Å²) in [6.45, 7) is 0. The first-order chi connectivity index (χ1) is 12.6. The zero-order valence-corrected chi connectivity index (χ0v) is 16.8. The van der Waals surface area contributed by atoms with Crippen LogP contribution in [-0.2, 0) is 16.0 Å². The van der Waals surface area contributed by atoms with Gasteiger partial charge in [-0.15, -0.1) is 0 Å². The van der Waals surface area contributed by atoms with E-state index in [1.807, 2.05) is 45.9 Å². The Bertz CT molecular complexity index is 660. The average Bonchev–Trinajstić information content (AvgIpc) is 3.23. The van der Waals surface area contributed by atoms with Gasteiger partial charge >= 0.3 is 0 Å². The number of imide groups is 1. The lowest BCUT2D eigenvalue weighted by molar-refractivity contribution is -0.119. The second-order valence-electron chi connectivity index (χ2n) is 6.41. The van der Waals surface area contributed by atoms with E-state index in [2.05, 4.69) is 10.6 Å². The van der Waals surface area contributed by atoms with Gasteiger partial charge in [0.1, 0.15) is 0 Å². The van der Waals surface area contributed by atoms with E-state index in [9.17, 15) is 14.4 Å². The molecule has 1 aromatic rings. The summed E-state index contributed by atoms with van der Waals surface area (Å²) in [4.78, 5) is 34.8. The van der Waals surface area contributed by atoms with E-state index in [0.29, 0.717) is 12.8 Å². The van der Waals surface area contributed by atoms with Crippen molar-refractivity contribution in [2.75, 3.05) is 11.1 Å². The Hall–Kier alpha value is -1.12. The van der Waals surface area contributed by atoms with Gasteiger partial charge in [-0.2, -0.15) is 0 Å². The third-order valence-corrected chi connectivity index (χ3v) is 8.32. The van der Waals surface area contributed by atoms with Crippen LogP contribution in [-0.4, -0.2) is 33.3 Å². The minimum absolute atomic E-state index is 0.0440. The van der Waals surface area contributed by atoms with Crippen LogP contribution in [0.1, 0.15) is 37.7 Å². The number of thioether (sulfide) groups is 1. The van der Waals surface area contributed by atoms with Gasteiger partial charge in [0.25, 0.3) is 5.24 Å². The van der Waals surface area contributed by atoms with Gasteiger partial charge in [0.2, 0.25) is 11.8 Å². The summed E-state index contributed by atoms with van der Waals surface area (Å²) in [5.74, 6) is 1.07. The second kappa shape index (κ2) is 9.71. The number of carbonyl (C=O) groups is 3. The maximum absolute atomic E-state index is 12.0. The van der Waals surface area contributed by atoms with E-state index in [-0.39, 0.29) is 22.3 Å². The molecule has 0 spiro atoms. The molecule has 140 valence electrons. The Morgan fingerprint density at radius 2 is 2.00 bits per heavy atom. The van der Waals surface area contributed by atoms with Crippen molar-refractivity contribution >= 4 is 56.1 Å². The van der Waals surface area contributed by atoms with Crippen LogP contribution in [0, 0.1) is 0 Å². The number of hydrogen-bond donors (Lipinski definition) is 2. The van der Waals surface area contributed by atoms with E-state index < -0.39 is 0 Å². The molecule has 0 aromatic heterocycles. The van der Waals surface area contributed by atoms with Crippen LogP contribution < -0.4 is 10.6 Å². The molecule has 2 atom stereocenters. The van der Waals surface area contributed by atoms with E-state index in [1.165, 1.54) is 18.6 Å². The molecule has 2 N–H and O–H groups in total. The van der Waals surface area contributed by atoms with Crippen molar-refractivity contribution in [3.63, 3.8) is 0 Å². The van der Waals surface area contributed by atoms with Gasteiger partial charge in [0.05, 0.1) is 5.25 Å². The fraction of sp³-hybridized carbons (Fsp3) is 0.500. The van der Waals surface area contributed by atoms with Gasteiger partial charge in [-0.3, -0.25) is 19.7 Å². The van der Waals surface area contributed by atoms with Gasteiger partial charge in [-0.05, 0) is 43.4 Å². The molecule has 2 fully saturated rings. The van der Waals surface area contributed by atoms with Crippen LogP contribution in [0.5, 0.6) is 0 Å². The van der Waals surface area contributed by atoms with E-state index in [1.54, 1.807) is 0 Å². The lowest BCUT2D eigenvalue weighted by atomic mass is 10.1.